The van der Waals surface area contributed by atoms with Crippen molar-refractivity contribution in [1.82, 2.24) is 0 Å². The minimum Gasteiger partial charge on any atom is -0.378 e. The first kappa shape index (κ1) is 18.0. The highest BCUT2D eigenvalue weighted by atomic mass is 19.4. The SMILES string of the molecule is FC(F)(F)c1ccccc1[C@@H]1Nc2ccc(-c3ccccc3)cc2[C@@H]2C=CC[C@H]21. The Labute approximate surface area is 167 Å². The van der Waals surface area contributed by atoms with Gasteiger partial charge in [0.2, 0.25) is 0 Å². The van der Waals surface area contributed by atoms with Gasteiger partial charge in [-0.25, -0.2) is 0 Å². The van der Waals surface area contributed by atoms with Crippen LogP contribution in [0, 0.1) is 5.92 Å². The van der Waals surface area contributed by atoms with E-state index >= 15 is 0 Å². The first-order valence-corrected chi connectivity index (χ1v) is 9.81. The molecule has 0 aromatic heterocycles. The third-order valence-corrected chi connectivity index (χ3v) is 6.07. The molecule has 4 heteroatoms. The van der Waals surface area contributed by atoms with Gasteiger partial charge in [-0.15, -0.1) is 0 Å². The van der Waals surface area contributed by atoms with E-state index in [1.54, 1.807) is 12.1 Å². The van der Waals surface area contributed by atoms with Gasteiger partial charge in [0.1, 0.15) is 0 Å². The highest BCUT2D eigenvalue weighted by molar-refractivity contribution is 5.71. The van der Waals surface area contributed by atoms with Crippen LogP contribution in [0.15, 0.2) is 84.9 Å². The van der Waals surface area contributed by atoms with Crippen LogP contribution in [0.4, 0.5) is 18.9 Å². The summed E-state index contributed by atoms with van der Waals surface area (Å²) in [7, 11) is 0. The molecule has 0 amide bonds. The zero-order valence-corrected chi connectivity index (χ0v) is 15.7. The van der Waals surface area contributed by atoms with Gasteiger partial charge in [-0.05, 0) is 52.8 Å². The molecular formula is C25H20F3N. The number of halogens is 3. The summed E-state index contributed by atoms with van der Waals surface area (Å²) in [6, 6.07) is 21.9. The number of hydrogen-bond acceptors (Lipinski definition) is 1. The van der Waals surface area contributed by atoms with Crippen molar-refractivity contribution in [1.29, 1.82) is 0 Å². The highest BCUT2D eigenvalue weighted by Gasteiger charge is 2.42. The van der Waals surface area contributed by atoms with Gasteiger partial charge in [0.05, 0.1) is 11.6 Å². The summed E-state index contributed by atoms with van der Waals surface area (Å²) in [4.78, 5) is 0. The van der Waals surface area contributed by atoms with Gasteiger partial charge >= 0.3 is 6.18 Å². The fourth-order valence-electron chi connectivity index (χ4n) is 4.74. The number of fused-ring (bicyclic) bond motifs is 3. The first-order chi connectivity index (χ1) is 14.0. The Morgan fingerprint density at radius 3 is 2.34 bits per heavy atom. The predicted octanol–water partition coefficient (Wildman–Crippen LogP) is 7.20. The van der Waals surface area contributed by atoms with E-state index in [4.69, 9.17) is 0 Å². The molecule has 5 rings (SSSR count). The monoisotopic (exact) mass is 391 g/mol. The lowest BCUT2D eigenvalue weighted by Crippen LogP contribution is -2.30. The summed E-state index contributed by atoms with van der Waals surface area (Å²) in [5.74, 6) is 0.179. The molecule has 1 heterocycles. The van der Waals surface area contributed by atoms with Crippen LogP contribution in [0.2, 0.25) is 0 Å². The molecule has 0 saturated heterocycles. The summed E-state index contributed by atoms with van der Waals surface area (Å²) in [5.41, 5.74) is 4.12. The van der Waals surface area contributed by atoms with E-state index < -0.39 is 11.7 Å². The summed E-state index contributed by atoms with van der Waals surface area (Å²) < 4.78 is 40.9. The van der Waals surface area contributed by atoms with Gasteiger partial charge in [-0.2, -0.15) is 13.2 Å². The van der Waals surface area contributed by atoms with E-state index in [9.17, 15) is 13.2 Å². The summed E-state index contributed by atoms with van der Waals surface area (Å²) in [5, 5.41) is 3.44. The molecule has 1 nitrogen and oxygen atoms in total. The van der Waals surface area contributed by atoms with Crippen molar-refractivity contribution in [2.45, 2.75) is 24.6 Å². The number of benzene rings is 3. The quantitative estimate of drug-likeness (QED) is 0.456. The standard InChI is InChI=1S/C25H20F3N/c26-25(27,28)22-12-5-4-9-20(22)24-19-11-6-10-18(19)21-15-17(13-14-23(21)29-24)16-7-2-1-3-8-16/h1-10,12-15,18-19,24,29H,11H2/t18-,19-,24-/m1/s1. The van der Waals surface area contributed by atoms with E-state index in [0.717, 1.165) is 28.8 Å². The normalized spacial score (nSPS) is 22.7. The van der Waals surface area contributed by atoms with Crippen LogP contribution in [-0.2, 0) is 6.18 Å². The van der Waals surface area contributed by atoms with Crippen LogP contribution in [0.25, 0.3) is 11.1 Å². The number of anilines is 1. The maximum absolute atomic E-state index is 13.6. The van der Waals surface area contributed by atoms with E-state index in [1.165, 1.54) is 12.1 Å². The maximum Gasteiger partial charge on any atom is 0.416 e. The van der Waals surface area contributed by atoms with E-state index in [1.807, 2.05) is 30.3 Å². The fourth-order valence-corrected chi connectivity index (χ4v) is 4.74. The molecule has 1 aliphatic carbocycles. The van der Waals surface area contributed by atoms with E-state index in [2.05, 4.69) is 35.7 Å². The lowest BCUT2D eigenvalue weighted by Gasteiger charge is -2.38. The summed E-state index contributed by atoms with van der Waals surface area (Å²) in [6.45, 7) is 0. The van der Waals surface area contributed by atoms with Crippen LogP contribution in [0.3, 0.4) is 0 Å². The van der Waals surface area contributed by atoms with Crippen molar-refractivity contribution >= 4 is 5.69 Å². The largest absolute Gasteiger partial charge is 0.416 e. The summed E-state index contributed by atoms with van der Waals surface area (Å²) in [6.07, 6.45) is 0.660. The third kappa shape index (κ3) is 3.13. The molecule has 0 bridgehead atoms. The zero-order chi connectivity index (χ0) is 20.0. The summed E-state index contributed by atoms with van der Waals surface area (Å²) >= 11 is 0. The van der Waals surface area contributed by atoms with Crippen LogP contribution < -0.4 is 5.32 Å². The predicted molar refractivity (Wildman–Crippen MR) is 110 cm³/mol. The van der Waals surface area contributed by atoms with Crippen molar-refractivity contribution in [3.05, 3.63) is 102 Å². The third-order valence-electron chi connectivity index (χ3n) is 6.07. The molecule has 2 aliphatic rings. The molecule has 3 atom stereocenters. The van der Waals surface area contributed by atoms with Crippen LogP contribution >= 0.6 is 0 Å². The Balaban J connectivity index is 1.59. The average molecular weight is 391 g/mol. The number of nitrogens with one attached hydrogen (secondary N) is 1. The Bertz CT molecular complexity index is 1070. The second kappa shape index (κ2) is 6.80. The highest BCUT2D eigenvalue weighted by Crippen LogP contribution is 2.52. The topological polar surface area (TPSA) is 12.0 Å². The molecule has 3 aromatic rings. The van der Waals surface area contributed by atoms with E-state index in [0.29, 0.717) is 5.56 Å². The van der Waals surface area contributed by atoms with Crippen LogP contribution in [0.5, 0.6) is 0 Å². The van der Waals surface area contributed by atoms with E-state index in [-0.39, 0.29) is 17.9 Å². The smallest absolute Gasteiger partial charge is 0.378 e. The lowest BCUT2D eigenvalue weighted by molar-refractivity contribution is -0.138. The molecule has 0 saturated carbocycles. The Kier molecular flexibility index (Phi) is 4.23. The average Bonchev–Trinajstić information content (AvgIpc) is 3.23. The molecular weight excluding hydrogens is 371 g/mol. The second-order valence-electron chi connectivity index (χ2n) is 7.73. The number of rotatable bonds is 2. The van der Waals surface area contributed by atoms with Crippen LogP contribution in [-0.4, -0.2) is 0 Å². The Morgan fingerprint density at radius 1 is 0.793 bits per heavy atom. The molecule has 146 valence electrons. The molecule has 1 N–H and O–H groups in total. The molecule has 0 fully saturated rings. The van der Waals surface area contributed by atoms with Crippen molar-refractivity contribution in [2.24, 2.45) is 5.92 Å². The van der Waals surface area contributed by atoms with Gasteiger partial charge in [-0.1, -0.05) is 66.7 Å². The molecule has 0 radical (unpaired) electrons. The Morgan fingerprint density at radius 2 is 1.55 bits per heavy atom. The minimum atomic E-state index is -4.36. The first-order valence-electron chi connectivity index (χ1n) is 9.81. The van der Waals surface area contributed by atoms with Gasteiger partial charge < -0.3 is 5.32 Å². The maximum atomic E-state index is 13.6. The van der Waals surface area contributed by atoms with Gasteiger partial charge in [0.15, 0.2) is 0 Å². The fraction of sp³-hybridized carbons (Fsp3) is 0.200. The Hall–Kier alpha value is -3.01. The molecule has 0 unspecified atom stereocenters. The van der Waals surface area contributed by atoms with Crippen molar-refractivity contribution < 1.29 is 13.2 Å². The number of alkyl halides is 3. The van der Waals surface area contributed by atoms with Crippen molar-refractivity contribution in [3.8, 4) is 11.1 Å². The van der Waals surface area contributed by atoms with Gasteiger partial charge in [0, 0.05) is 11.6 Å². The lowest BCUT2D eigenvalue weighted by atomic mass is 9.75. The van der Waals surface area contributed by atoms with Gasteiger partial charge in [0.25, 0.3) is 0 Å². The molecule has 29 heavy (non-hydrogen) atoms. The number of hydrogen-bond donors (Lipinski definition) is 1. The minimum absolute atomic E-state index is 0.0667. The zero-order valence-electron chi connectivity index (χ0n) is 15.7. The van der Waals surface area contributed by atoms with Crippen molar-refractivity contribution in [2.75, 3.05) is 5.32 Å². The van der Waals surface area contributed by atoms with Crippen LogP contribution in [0.1, 0.15) is 35.1 Å². The molecule has 1 aliphatic heterocycles. The molecule has 3 aromatic carbocycles. The second-order valence-corrected chi connectivity index (χ2v) is 7.73. The van der Waals surface area contributed by atoms with Gasteiger partial charge in [-0.3, -0.25) is 0 Å². The molecule has 0 spiro atoms. The van der Waals surface area contributed by atoms with Crippen molar-refractivity contribution in [3.63, 3.8) is 0 Å². The number of allylic oxidation sites excluding steroid dienone is 2.